The Morgan fingerprint density at radius 2 is 1.24 bits per heavy atom. The molecule has 0 radical (unpaired) electrons. The predicted octanol–water partition coefficient (Wildman–Crippen LogP) is 2.48. The van der Waals surface area contributed by atoms with Gasteiger partial charge in [-0.2, -0.15) is 0 Å². The van der Waals surface area contributed by atoms with E-state index in [1.54, 1.807) is 13.0 Å². The molecule has 0 saturated heterocycles. The van der Waals surface area contributed by atoms with Crippen molar-refractivity contribution in [1.29, 1.82) is 0 Å². The molecule has 156 valence electrons. The lowest BCUT2D eigenvalue weighted by Gasteiger charge is -2.23. The van der Waals surface area contributed by atoms with Crippen LogP contribution in [0.1, 0.15) is 31.2 Å². The molecule has 1 aromatic rings. The van der Waals surface area contributed by atoms with E-state index in [9.17, 15) is 16.8 Å². The first-order chi connectivity index (χ1) is 13.7. The molecule has 4 aliphatic carbocycles. The zero-order valence-corrected chi connectivity index (χ0v) is 17.9. The summed E-state index contributed by atoms with van der Waals surface area (Å²) in [6.07, 6.45) is 11.9. The van der Waals surface area contributed by atoms with E-state index in [1.165, 1.54) is 12.1 Å². The van der Waals surface area contributed by atoms with Crippen LogP contribution in [0.4, 0.5) is 0 Å². The molecule has 8 heteroatoms. The van der Waals surface area contributed by atoms with Crippen LogP contribution in [0.2, 0.25) is 0 Å². The Morgan fingerprint density at radius 1 is 0.724 bits per heavy atom. The van der Waals surface area contributed by atoms with Crippen molar-refractivity contribution in [2.75, 3.05) is 0 Å². The van der Waals surface area contributed by atoms with Gasteiger partial charge in [-0.15, -0.1) is 0 Å². The van der Waals surface area contributed by atoms with E-state index in [1.807, 2.05) is 0 Å². The number of aryl methyl sites for hydroxylation is 1. The molecule has 2 saturated carbocycles. The molecule has 4 bridgehead atoms. The van der Waals surface area contributed by atoms with Gasteiger partial charge in [-0.25, -0.2) is 26.3 Å². The highest BCUT2D eigenvalue weighted by Crippen LogP contribution is 2.41. The first kappa shape index (κ1) is 19.5. The third kappa shape index (κ3) is 3.50. The van der Waals surface area contributed by atoms with Gasteiger partial charge < -0.3 is 0 Å². The zero-order chi connectivity index (χ0) is 20.4. The summed E-state index contributed by atoms with van der Waals surface area (Å²) in [5, 5.41) is 0. The van der Waals surface area contributed by atoms with Crippen molar-refractivity contribution >= 4 is 20.0 Å². The third-order valence-corrected chi connectivity index (χ3v) is 10.1. The second-order valence-corrected chi connectivity index (χ2v) is 12.3. The Balaban J connectivity index is 1.45. The van der Waals surface area contributed by atoms with Crippen molar-refractivity contribution in [2.45, 2.75) is 54.5 Å². The van der Waals surface area contributed by atoms with Gasteiger partial charge in [0.15, 0.2) is 0 Å². The molecule has 0 amide bonds. The monoisotopic (exact) mass is 434 g/mol. The van der Waals surface area contributed by atoms with E-state index in [0.29, 0.717) is 17.4 Å². The average Bonchev–Trinajstić information content (AvgIpc) is 3.42. The Kier molecular flexibility index (Phi) is 4.55. The molecular weight excluding hydrogens is 408 g/mol. The highest BCUT2D eigenvalue weighted by atomic mass is 32.2. The number of hydrogen-bond donors (Lipinski definition) is 2. The van der Waals surface area contributed by atoms with Crippen LogP contribution < -0.4 is 9.44 Å². The molecular formula is C21H26N2O4S2. The molecule has 0 aromatic heterocycles. The van der Waals surface area contributed by atoms with E-state index in [4.69, 9.17) is 0 Å². The van der Waals surface area contributed by atoms with Gasteiger partial charge >= 0.3 is 0 Å². The second-order valence-electron chi connectivity index (χ2n) is 8.97. The van der Waals surface area contributed by atoms with Gasteiger partial charge in [0, 0.05) is 12.1 Å². The quantitative estimate of drug-likeness (QED) is 0.673. The standard InChI is InChI=1S/C21H26N2O4S2/c1-13-2-7-20(28(24,25)22-18-11-14-3-5-16(18)9-14)21(8-13)29(26,27)23-19-12-15-4-6-17(19)10-15/h2-8,14-19,22-23H,9-12H2,1H3/t14-,15-,16-,17-,18+,19+/m0/s1. The van der Waals surface area contributed by atoms with Gasteiger partial charge in [0.1, 0.15) is 9.79 Å². The molecule has 0 unspecified atom stereocenters. The minimum atomic E-state index is -3.96. The summed E-state index contributed by atoms with van der Waals surface area (Å²) in [4.78, 5) is -0.323. The van der Waals surface area contributed by atoms with Gasteiger partial charge in [0.05, 0.1) is 0 Å². The number of rotatable bonds is 6. The first-order valence-electron chi connectivity index (χ1n) is 10.2. The fraction of sp³-hybridized carbons (Fsp3) is 0.524. The highest BCUT2D eigenvalue weighted by molar-refractivity contribution is 7.92. The summed E-state index contributed by atoms with van der Waals surface area (Å²) in [6.45, 7) is 1.77. The largest absolute Gasteiger partial charge is 0.242 e. The fourth-order valence-corrected chi connectivity index (χ4v) is 8.90. The van der Waals surface area contributed by atoms with Gasteiger partial charge in [0.25, 0.3) is 0 Å². The molecule has 2 N–H and O–H groups in total. The van der Waals surface area contributed by atoms with Crippen LogP contribution in [0.3, 0.4) is 0 Å². The summed E-state index contributed by atoms with van der Waals surface area (Å²) >= 11 is 0. The summed E-state index contributed by atoms with van der Waals surface area (Å²) in [5.41, 5.74) is 0.708. The maximum Gasteiger partial charge on any atom is 0.242 e. The zero-order valence-electron chi connectivity index (χ0n) is 16.3. The van der Waals surface area contributed by atoms with Crippen LogP contribution in [0.15, 0.2) is 52.3 Å². The Labute approximate surface area is 172 Å². The second kappa shape index (κ2) is 6.77. The fourth-order valence-electron chi connectivity index (χ4n) is 5.41. The van der Waals surface area contributed by atoms with Crippen molar-refractivity contribution in [3.8, 4) is 0 Å². The van der Waals surface area contributed by atoms with Crippen molar-refractivity contribution < 1.29 is 16.8 Å². The SMILES string of the molecule is Cc1ccc(S(=O)(=O)N[C@@H]2C[C@H]3C=C[C@H]2C3)c(S(=O)(=O)N[C@@H]2C[C@H]3C=C[C@H]2C3)c1. The summed E-state index contributed by atoms with van der Waals surface area (Å²) in [6, 6.07) is 4.18. The molecule has 5 rings (SSSR count). The van der Waals surface area contributed by atoms with Crippen molar-refractivity contribution in [3.63, 3.8) is 0 Å². The lowest BCUT2D eigenvalue weighted by molar-refractivity contribution is 0.495. The summed E-state index contributed by atoms with van der Waals surface area (Å²) in [7, 11) is -7.92. The first-order valence-corrected chi connectivity index (χ1v) is 13.2. The number of fused-ring (bicyclic) bond motifs is 4. The van der Waals surface area contributed by atoms with Crippen LogP contribution in [-0.4, -0.2) is 28.9 Å². The lowest BCUT2D eigenvalue weighted by atomic mass is 10.0. The van der Waals surface area contributed by atoms with E-state index < -0.39 is 20.0 Å². The number of allylic oxidation sites excluding steroid dienone is 2. The maximum atomic E-state index is 13.2. The molecule has 0 spiro atoms. The van der Waals surface area contributed by atoms with Gasteiger partial charge in [0.2, 0.25) is 20.0 Å². The van der Waals surface area contributed by atoms with Crippen LogP contribution in [0.5, 0.6) is 0 Å². The van der Waals surface area contributed by atoms with E-state index in [2.05, 4.69) is 33.7 Å². The molecule has 6 atom stereocenters. The van der Waals surface area contributed by atoms with Crippen LogP contribution in [-0.2, 0) is 20.0 Å². The van der Waals surface area contributed by atoms with Gasteiger partial charge in [-0.05, 0) is 74.0 Å². The molecule has 0 heterocycles. The average molecular weight is 435 g/mol. The molecule has 4 aliphatic rings. The number of nitrogens with one attached hydrogen (secondary N) is 2. The molecule has 29 heavy (non-hydrogen) atoms. The van der Waals surface area contributed by atoms with Crippen molar-refractivity contribution in [1.82, 2.24) is 9.44 Å². The van der Waals surface area contributed by atoms with Gasteiger partial charge in [-0.1, -0.05) is 30.4 Å². The lowest BCUT2D eigenvalue weighted by Crippen LogP contribution is -2.40. The van der Waals surface area contributed by atoms with Crippen LogP contribution in [0, 0.1) is 30.6 Å². The minimum Gasteiger partial charge on any atom is -0.207 e. The van der Waals surface area contributed by atoms with Crippen LogP contribution in [0.25, 0.3) is 0 Å². The van der Waals surface area contributed by atoms with Crippen molar-refractivity contribution in [3.05, 3.63) is 48.1 Å². The molecule has 1 aromatic carbocycles. The highest BCUT2D eigenvalue weighted by Gasteiger charge is 2.41. The minimum absolute atomic E-state index is 0.157. The van der Waals surface area contributed by atoms with Gasteiger partial charge in [-0.3, -0.25) is 0 Å². The van der Waals surface area contributed by atoms with Crippen molar-refractivity contribution in [2.24, 2.45) is 23.7 Å². The Bertz CT molecular complexity index is 1110. The third-order valence-electron chi connectivity index (χ3n) is 6.85. The van der Waals surface area contributed by atoms with Crippen LogP contribution >= 0.6 is 0 Å². The molecule has 6 nitrogen and oxygen atoms in total. The Morgan fingerprint density at radius 3 is 1.69 bits per heavy atom. The maximum absolute atomic E-state index is 13.2. The van der Waals surface area contributed by atoms with E-state index >= 15 is 0 Å². The Hall–Kier alpha value is -1.48. The predicted molar refractivity (Wildman–Crippen MR) is 110 cm³/mol. The normalized spacial score (nSPS) is 35.1. The number of benzene rings is 1. The molecule has 0 aliphatic heterocycles. The van der Waals surface area contributed by atoms with E-state index in [0.717, 1.165) is 25.7 Å². The number of sulfonamides is 2. The summed E-state index contributed by atoms with van der Waals surface area (Å²) < 4.78 is 58.3. The van der Waals surface area contributed by atoms with E-state index in [-0.39, 0.29) is 33.7 Å². The smallest absolute Gasteiger partial charge is 0.207 e. The topological polar surface area (TPSA) is 92.3 Å². The summed E-state index contributed by atoms with van der Waals surface area (Å²) in [5.74, 6) is 1.22. The molecule has 2 fully saturated rings. The number of hydrogen-bond acceptors (Lipinski definition) is 4.